The number of nitrogens with one attached hydrogen (secondary N) is 1. The minimum absolute atomic E-state index is 0.120. The summed E-state index contributed by atoms with van der Waals surface area (Å²) in [5.74, 6) is 5.86. The van der Waals surface area contributed by atoms with Gasteiger partial charge in [-0.2, -0.15) is 0 Å². The molecular weight excluding hydrogens is 252 g/mol. The molecule has 2 atom stereocenters. The summed E-state index contributed by atoms with van der Waals surface area (Å²) in [5.41, 5.74) is 1.11. The van der Waals surface area contributed by atoms with Crippen LogP contribution in [0.4, 0.5) is 0 Å². The van der Waals surface area contributed by atoms with Crippen LogP contribution in [-0.2, 0) is 0 Å². The van der Waals surface area contributed by atoms with Crippen LogP contribution >= 0.6 is 0 Å². The molecule has 1 aromatic heterocycles. The SMILES string of the molecule is CC1CCCC(NC(=O)c2ccc(C#CCO)cn2)C1. The van der Waals surface area contributed by atoms with E-state index in [0.717, 1.165) is 12.8 Å². The second-order valence-corrected chi connectivity index (χ2v) is 5.33. The van der Waals surface area contributed by atoms with Crippen molar-refractivity contribution in [3.05, 3.63) is 29.6 Å². The smallest absolute Gasteiger partial charge is 0.270 e. The molecule has 2 unspecified atom stereocenters. The van der Waals surface area contributed by atoms with E-state index in [1.54, 1.807) is 18.3 Å². The van der Waals surface area contributed by atoms with Gasteiger partial charge in [-0.1, -0.05) is 31.6 Å². The molecule has 2 rings (SSSR count). The number of aliphatic hydroxyl groups excluding tert-OH is 1. The third kappa shape index (κ3) is 4.07. The Balaban J connectivity index is 1.95. The summed E-state index contributed by atoms with van der Waals surface area (Å²) < 4.78 is 0. The van der Waals surface area contributed by atoms with E-state index in [9.17, 15) is 4.79 Å². The molecule has 4 heteroatoms. The molecule has 106 valence electrons. The van der Waals surface area contributed by atoms with Crippen LogP contribution in [0.1, 0.15) is 48.7 Å². The molecule has 2 N–H and O–H groups in total. The monoisotopic (exact) mass is 272 g/mol. The van der Waals surface area contributed by atoms with Crippen LogP contribution in [0.5, 0.6) is 0 Å². The zero-order valence-electron chi connectivity index (χ0n) is 11.7. The van der Waals surface area contributed by atoms with Crippen molar-refractivity contribution in [2.75, 3.05) is 6.61 Å². The lowest BCUT2D eigenvalue weighted by Crippen LogP contribution is -2.38. The first-order chi connectivity index (χ1) is 9.69. The molecule has 0 bridgehead atoms. The number of carbonyl (C=O) groups is 1. The fourth-order valence-electron chi connectivity index (χ4n) is 2.57. The molecule has 1 aromatic rings. The second-order valence-electron chi connectivity index (χ2n) is 5.33. The van der Waals surface area contributed by atoms with E-state index in [1.165, 1.54) is 12.8 Å². The summed E-state index contributed by atoms with van der Waals surface area (Å²) in [6, 6.07) is 3.68. The highest BCUT2D eigenvalue weighted by Gasteiger charge is 2.21. The van der Waals surface area contributed by atoms with Gasteiger partial charge in [-0.25, -0.2) is 4.98 Å². The minimum atomic E-state index is -0.178. The Morgan fingerprint density at radius 1 is 1.50 bits per heavy atom. The third-order valence-corrected chi connectivity index (χ3v) is 3.58. The fraction of sp³-hybridized carbons (Fsp3) is 0.500. The van der Waals surface area contributed by atoms with Crippen LogP contribution in [0, 0.1) is 17.8 Å². The molecule has 1 fully saturated rings. The lowest BCUT2D eigenvalue weighted by atomic mass is 9.87. The highest BCUT2D eigenvalue weighted by Crippen LogP contribution is 2.23. The van der Waals surface area contributed by atoms with Gasteiger partial charge in [0, 0.05) is 17.8 Å². The first-order valence-electron chi connectivity index (χ1n) is 7.05. The Hall–Kier alpha value is -1.86. The topological polar surface area (TPSA) is 62.2 Å². The van der Waals surface area contributed by atoms with E-state index >= 15 is 0 Å². The van der Waals surface area contributed by atoms with Crippen LogP contribution in [0.15, 0.2) is 18.3 Å². The molecule has 4 nitrogen and oxygen atoms in total. The maximum atomic E-state index is 12.1. The van der Waals surface area contributed by atoms with Crippen molar-refractivity contribution in [3.63, 3.8) is 0 Å². The van der Waals surface area contributed by atoms with Gasteiger partial charge in [0.2, 0.25) is 0 Å². The van der Waals surface area contributed by atoms with Crippen molar-refractivity contribution in [2.24, 2.45) is 5.92 Å². The van der Waals surface area contributed by atoms with Gasteiger partial charge in [0.1, 0.15) is 12.3 Å². The Morgan fingerprint density at radius 3 is 3.00 bits per heavy atom. The van der Waals surface area contributed by atoms with Gasteiger partial charge in [-0.05, 0) is 30.9 Å². The number of aliphatic hydroxyl groups is 1. The van der Waals surface area contributed by atoms with Crippen LogP contribution in [-0.4, -0.2) is 28.6 Å². The van der Waals surface area contributed by atoms with Gasteiger partial charge in [0.15, 0.2) is 0 Å². The van der Waals surface area contributed by atoms with Crippen LogP contribution in [0.3, 0.4) is 0 Å². The minimum Gasteiger partial charge on any atom is -0.384 e. The third-order valence-electron chi connectivity index (χ3n) is 3.58. The molecule has 0 saturated heterocycles. The number of pyridine rings is 1. The average molecular weight is 272 g/mol. The summed E-state index contributed by atoms with van der Waals surface area (Å²) in [4.78, 5) is 16.2. The Bertz CT molecular complexity index is 514. The molecule has 1 aliphatic rings. The molecule has 0 aliphatic heterocycles. The Labute approximate surface area is 119 Å². The first kappa shape index (κ1) is 14.5. The van der Waals surface area contributed by atoms with E-state index in [1.807, 2.05) is 0 Å². The molecule has 0 radical (unpaired) electrons. The highest BCUT2D eigenvalue weighted by atomic mass is 16.2. The normalized spacial score (nSPS) is 21.7. The van der Waals surface area contributed by atoms with Crippen molar-refractivity contribution < 1.29 is 9.90 Å². The van der Waals surface area contributed by atoms with Gasteiger partial charge >= 0.3 is 0 Å². The predicted molar refractivity (Wildman–Crippen MR) is 77.1 cm³/mol. The first-order valence-corrected chi connectivity index (χ1v) is 7.05. The standard InChI is InChI=1S/C16H20N2O2/c1-12-4-2-6-14(10-12)18-16(20)15-8-7-13(11-17-15)5-3-9-19/h7-8,11-12,14,19H,2,4,6,9-10H2,1H3,(H,18,20). The molecule has 0 aromatic carbocycles. The van der Waals surface area contributed by atoms with E-state index in [-0.39, 0.29) is 18.6 Å². The van der Waals surface area contributed by atoms with Crippen LogP contribution in [0.25, 0.3) is 0 Å². The summed E-state index contributed by atoms with van der Waals surface area (Å²) in [6.07, 6.45) is 6.08. The number of rotatable bonds is 2. The number of carbonyl (C=O) groups excluding carboxylic acids is 1. The van der Waals surface area contributed by atoms with Crippen molar-refractivity contribution in [2.45, 2.75) is 38.6 Å². The fourth-order valence-corrected chi connectivity index (χ4v) is 2.57. The maximum absolute atomic E-state index is 12.1. The molecule has 1 amide bonds. The van der Waals surface area contributed by atoms with Crippen LogP contribution < -0.4 is 5.32 Å². The van der Waals surface area contributed by atoms with Gasteiger partial charge in [-0.3, -0.25) is 4.79 Å². The molecule has 1 aliphatic carbocycles. The number of nitrogens with zero attached hydrogens (tertiary/aromatic N) is 1. The quantitative estimate of drug-likeness (QED) is 0.806. The predicted octanol–water partition coefficient (Wildman–Crippen LogP) is 1.73. The van der Waals surface area contributed by atoms with Gasteiger partial charge < -0.3 is 10.4 Å². The zero-order valence-corrected chi connectivity index (χ0v) is 11.7. The molecular formula is C16H20N2O2. The summed E-state index contributed by atoms with van der Waals surface area (Å²) in [5, 5.41) is 11.7. The number of aromatic nitrogens is 1. The lowest BCUT2D eigenvalue weighted by molar-refractivity contribution is 0.0916. The van der Waals surface area contributed by atoms with E-state index < -0.39 is 0 Å². The summed E-state index contributed by atoms with van der Waals surface area (Å²) >= 11 is 0. The van der Waals surface area contributed by atoms with Crippen molar-refractivity contribution in [3.8, 4) is 11.8 Å². The van der Waals surface area contributed by atoms with Gasteiger partial charge in [0.05, 0.1) is 0 Å². The van der Waals surface area contributed by atoms with Gasteiger partial charge in [-0.15, -0.1) is 0 Å². The number of hydrogen-bond donors (Lipinski definition) is 2. The molecule has 1 saturated carbocycles. The second kappa shape index (κ2) is 7.06. The Morgan fingerprint density at radius 2 is 2.35 bits per heavy atom. The molecule has 0 spiro atoms. The highest BCUT2D eigenvalue weighted by molar-refractivity contribution is 5.92. The van der Waals surface area contributed by atoms with E-state index in [2.05, 4.69) is 29.1 Å². The maximum Gasteiger partial charge on any atom is 0.270 e. The van der Waals surface area contributed by atoms with Crippen molar-refractivity contribution in [1.82, 2.24) is 10.3 Å². The Kier molecular flexibility index (Phi) is 5.14. The summed E-state index contributed by atoms with van der Waals surface area (Å²) in [6.45, 7) is 2.05. The number of amides is 1. The van der Waals surface area contributed by atoms with Crippen molar-refractivity contribution in [1.29, 1.82) is 0 Å². The number of hydrogen-bond acceptors (Lipinski definition) is 3. The average Bonchev–Trinajstić information content (AvgIpc) is 2.45. The van der Waals surface area contributed by atoms with E-state index in [0.29, 0.717) is 17.2 Å². The summed E-state index contributed by atoms with van der Waals surface area (Å²) in [7, 11) is 0. The zero-order chi connectivity index (χ0) is 14.4. The van der Waals surface area contributed by atoms with Gasteiger partial charge in [0.25, 0.3) is 5.91 Å². The molecule has 20 heavy (non-hydrogen) atoms. The van der Waals surface area contributed by atoms with E-state index in [4.69, 9.17) is 5.11 Å². The lowest BCUT2D eigenvalue weighted by Gasteiger charge is -2.27. The van der Waals surface area contributed by atoms with Crippen molar-refractivity contribution >= 4 is 5.91 Å². The molecule has 1 heterocycles. The van der Waals surface area contributed by atoms with Crippen LogP contribution in [0.2, 0.25) is 0 Å². The largest absolute Gasteiger partial charge is 0.384 e.